The minimum atomic E-state index is -0.150. The molecule has 0 aromatic rings. The second-order valence-corrected chi connectivity index (χ2v) is 0. The van der Waals surface area contributed by atoms with E-state index in [1.807, 2.05) is 0 Å². The molecule has 0 saturated carbocycles. The average molecular weight is 436 g/mol. The van der Waals surface area contributed by atoms with Crippen LogP contribution in [0, 0.1) is 78.1 Å². The van der Waals surface area contributed by atoms with E-state index < -0.39 is 0 Å². The van der Waals surface area contributed by atoms with Gasteiger partial charge in [0.05, 0.1) is 0 Å². The molecule has 0 radical (unpaired) electrons. The standard InChI is InChI=1S/Dy.FH.Gd.Li.Y.H/h;1H;;;;/q;;;;+1;/p-1. The van der Waals surface area contributed by atoms with Gasteiger partial charge in [-0.05, 0) is 0 Å². The first-order valence-corrected chi connectivity index (χ1v) is 1.29. The summed E-state index contributed by atoms with van der Waals surface area (Å²) < 4.78 is 9.63. The SMILES string of the molecule is [Dy].[F][Y].[Gd].[LiH]. The molecule has 0 saturated heterocycles. The van der Waals surface area contributed by atoms with Crippen LogP contribution in [0.1, 0.15) is 0 Å². The van der Waals surface area contributed by atoms with E-state index in [1.54, 1.807) is 0 Å². The molecule has 0 nitrogen and oxygen atoms in total. The van der Waals surface area contributed by atoms with Gasteiger partial charge in [0.15, 0.2) is 0 Å². The van der Waals surface area contributed by atoms with Crippen LogP contribution in [0.4, 0.5) is 1.92 Å². The summed E-state index contributed by atoms with van der Waals surface area (Å²) in [6.45, 7) is 0. The quantitative estimate of drug-likeness (QED) is 0.461. The van der Waals surface area contributed by atoms with Gasteiger partial charge in [-0.1, -0.05) is 0 Å². The van der Waals surface area contributed by atoms with E-state index in [9.17, 15) is 1.92 Å². The van der Waals surface area contributed by atoms with E-state index >= 15 is 0 Å². The van der Waals surface area contributed by atoms with Crippen molar-refractivity contribution in [3.63, 3.8) is 0 Å². The molecule has 30 valence electrons. The van der Waals surface area contributed by atoms with E-state index in [1.165, 1.54) is 0 Å². The normalized spacial score (nSPS) is 0.800. The summed E-state index contributed by atoms with van der Waals surface area (Å²) in [5.41, 5.74) is 0. The minimum absolute atomic E-state index is 0. The first kappa shape index (κ1) is 22.9. The molecule has 0 aliphatic heterocycles. The Kier molecular flexibility index (Phi) is 110. The molecule has 0 rings (SSSR count). The summed E-state index contributed by atoms with van der Waals surface area (Å²) in [7, 11) is 0. The number of halogens is 1. The summed E-state index contributed by atoms with van der Waals surface area (Å²) in [5, 5.41) is 0. The van der Waals surface area contributed by atoms with Crippen LogP contribution in [0.25, 0.3) is 0 Å². The molecule has 0 fully saturated rings. The molecule has 0 aliphatic carbocycles. The Morgan fingerprint density at radius 1 is 1.20 bits per heavy atom. The molecule has 5 heteroatoms. The molecule has 0 atom stereocenters. The van der Waals surface area contributed by atoms with Crippen LogP contribution in [0.5, 0.6) is 0 Å². The van der Waals surface area contributed by atoms with Gasteiger partial charge in [-0.15, -0.1) is 0 Å². The first-order valence-electron chi connectivity index (χ1n) is 0.218. The van der Waals surface area contributed by atoms with E-state index in [2.05, 4.69) is 0 Å². The third kappa shape index (κ3) is 17.9. The van der Waals surface area contributed by atoms with Crippen molar-refractivity contribution in [1.29, 1.82) is 0 Å². The van der Waals surface area contributed by atoms with Crippen molar-refractivity contribution in [3.05, 3.63) is 0 Å². The van der Waals surface area contributed by atoms with Gasteiger partial charge in [-0.2, -0.15) is 0 Å². The summed E-state index contributed by atoms with van der Waals surface area (Å²) in [6, 6.07) is 0. The number of hydrogen-bond donors (Lipinski definition) is 0. The molecule has 0 amide bonds. The van der Waals surface area contributed by atoms with Crippen molar-refractivity contribution in [2.45, 2.75) is 0 Å². The second-order valence-electron chi connectivity index (χ2n) is 0. The summed E-state index contributed by atoms with van der Waals surface area (Å²) in [5.74, 6) is 0. The van der Waals surface area contributed by atoms with Crippen molar-refractivity contribution in [3.8, 4) is 0 Å². The Labute approximate surface area is 127 Å². The maximum atomic E-state index is 9.63. The Morgan fingerprint density at radius 3 is 1.20 bits per heavy atom. The fourth-order valence-corrected chi connectivity index (χ4v) is 0. The van der Waals surface area contributed by atoms with Crippen LogP contribution in [-0.2, 0) is 31.7 Å². The van der Waals surface area contributed by atoms with Crippen molar-refractivity contribution >= 4 is 18.9 Å². The Bertz CT molecular complexity index is 11.6. The van der Waals surface area contributed by atoms with Crippen LogP contribution in [0.2, 0.25) is 0 Å². The first-order chi connectivity index (χ1) is 1.00. The van der Waals surface area contributed by atoms with Gasteiger partial charge >= 0.3 is 52.4 Å². The maximum absolute atomic E-state index is 9.63. The van der Waals surface area contributed by atoms with E-state index in [-0.39, 0.29) is 129 Å². The summed E-state index contributed by atoms with van der Waals surface area (Å²) in [4.78, 5) is 0. The molecular formula is HDyFGdLiY. The molecule has 0 aliphatic rings. The zero-order valence-corrected chi connectivity index (χ0v) is 8.76. The van der Waals surface area contributed by atoms with Crippen LogP contribution in [0.3, 0.4) is 0 Å². The molecule has 0 aromatic heterocycles. The van der Waals surface area contributed by atoms with Crippen molar-refractivity contribution in [2.75, 3.05) is 0 Å². The van der Waals surface area contributed by atoms with Gasteiger partial charge in [-0.25, -0.2) is 0 Å². The van der Waals surface area contributed by atoms with Gasteiger partial charge in [0.1, 0.15) is 0 Å². The topological polar surface area (TPSA) is 0 Å². The van der Waals surface area contributed by atoms with Crippen molar-refractivity contribution in [2.24, 2.45) is 0 Å². The van der Waals surface area contributed by atoms with E-state index in [0.29, 0.717) is 0 Å². The molecular weight excluding hydrogens is 435 g/mol. The molecule has 0 bridgehead atoms. The number of rotatable bonds is 0. The van der Waals surface area contributed by atoms with Crippen LogP contribution < -0.4 is 0 Å². The van der Waals surface area contributed by atoms with E-state index in [0.717, 1.165) is 0 Å². The van der Waals surface area contributed by atoms with Crippen LogP contribution >= 0.6 is 0 Å². The molecule has 0 N–H and O–H groups in total. The average Bonchev–Trinajstić information content (AvgIpc) is 1.00. The molecule has 0 heterocycles. The van der Waals surface area contributed by atoms with Crippen LogP contribution in [-0.4, -0.2) is 18.9 Å². The molecule has 5 heavy (non-hydrogen) atoms. The Morgan fingerprint density at radius 2 is 1.20 bits per heavy atom. The molecule has 0 spiro atoms. The fraction of sp³-hybridized carbons (Fsp3) is 0. The summed E-state index contributed by atoms with van der Waals surface area (Å²) >= 11 is -0.150. The van der Waals surface area contributed by atoms with Crippen molar-refractivity contribution in [1.82, 2.24) is 0 Å². The number of hydrogen-bond acceptors (Lipinski definition) is 0. The monoisotopic (exact) mass is 438 g/mol. The van der Waals surface area contributed by atoms with E-state index in [4.69, 9.17) is 0 Å². The van der Waals surface area contributed by atoms with Gasteiger partial charge < -0.3 is 0 Å². The zero-order valence-electron chi connectivity index (χ0n) is 1.63. The fourth-order valence-electron chi connectivity index (χ4n) is 0. The van der Waals surface area contributed by atoms with Crippen LogP contribution in [0.15, 0.2) is 0 Å². The van der Waals surface area contributed by atoms with Gasteiger partial charge in [-0.3, -0.25) is 0 Å². The summed E-state index contributed by atoms with van der Waals surface area (Å²) in [6.07, 6.45) is 0. The molecule has 0 aromatic carbocycles. The predicted octanol–water partition coefficient (Wildman–Crippen LogP) is -0.231. The van der Waals surface area contributed by atoms with Crippen molar-refractivity contribution < 1.29 is 112 Å². The zero-order chi connectivity index (χ0) is 2.00. The Hall–Kier alpha value is 4.23. The third-order valence-corrected chi connectivity index (χ3v) is 0. The third-order valence-electron chi connectivity index (χ3n) is 0. The van der Waals surface area contributed by atoms with Gasteiger partial charge in [0, 0.05) is 78.1 Å². The van der Waals surface area contributed by atoms with Gasteiger partial charge in [0.2, 0.25) is 0 Å². The Balaban J connectivity index is -0.00000000167. The predicted molar refractivity (Wildman–Crippen MR) is 8.26 cm³/mol. The van der Waals surface area contributed by atoms with Gasteiger partial charge in [0.25, 0.3) is 0 Å². The molecule has 0 unspecified atom stereocenters. The second kappa shape index (κ2) is 24.0.